The molecular weight excluding hydrogens is 178 g/mol. The van der Waals surface area contributed by atoms with E-state index < -0.39 is 0 Å². The highest BCUT2D eigenvalue weighted by Crippen LogP contribution is 2.28. The van der Waals surface area contributed by atoms with Crippen LogP contribution in [0.15, 0.2) is 28.7 Å². The van der Waals surface area contributed by atoms with Gasteiger partial charge in [0, 0.05) is 5.39 Å². The van der Waals surface area contributed by atoms with Crippen LogP contribution in [-0.4, -0.2) is 7.11 Å². The first-order chi connectivity index (χ1) is 6.85. The van der Waals surface area contributed by atoms with Crippen LogP contribution in [0.25, 0.3) is 11.0 Å². The Balaban J connectivity index is 2.59. The van der Waals surface area contributed by atoms with Crippen LogP contribution in [-0.2, 0) is 6.42 Å². The summed E-state index contributed by atoms with van der Waals surface area (Å²) in [5, 5.41) is 9.50. The van der Waals surface area contributed by atoms with Crippen LogP contribution < -0.4 is 4.74 Å². The lowest BCUT2D eigenvalue weighted by Crippen LogP contribution is -1.81. The van der Waals surface area contributed by atoms with E-state index in [2.05, 4.69) is 0 Å². The average Bonchev–Trinajstić information content (AvgIpc) is 2.60. The Labute approximate surface area is 81.5 Å². The van der Waals surface area contributed by atoms with Gasteiger partial charge in [0.2, 0.25) is 0 Å². The normalized spacial score (nSPS) is 10.0. The molecule has 0 unspecified atom stereocenters. The van der Waals surface area contributed by atoms with E-state index >= 15 is 0 Å². The highest BCUT2D eigenvalue weighted by Gasteiger charge is 2.07. The molecule has 70 valence electrons. The number of nitriles is 1. The van der Waals surface area contributed by atoms with Gasteiger partial charge in [0.15, 0.2) is 11.3 Å². The Morgan fingerprint density at radius 3 is 3.07 bits per heavy atom. The van der Waals surface area contributed by atoms with E-state index in [1.807, 2.05) is 30.3 Å². The quantitative estimate of drug-likeness (QED) is 0.725. The van der Waals surface area contributed by atoms with Crippen LogP contribution in [0.1, 0.15) is 5.76 Å². The summed E-state index contributed by atoms with van der Waals surface area (Å²) >= 11 is 0. The number of para-hydroxylation sites is 1. The van der Waals surface area contributed by atoms with Gasteiger partial charge in [-0.15, -0.1) is 0 Å². The molecule has 14 heavy (non-hydrogen) atoms. The number of hydrogen-bond donors (Lipinski definition) is 0. The summed E-state index contributed by atoms with van der Waals surface area (Å²) in [6.07, 6.45) is 0.290. The van der Waals surface area contributed by atoms with Crippen LogP contribution in [0.5, 0.6) is 5.75 Å². The van der Waals surface area contributed by atoms with Crippen LogP contribution >= 0.6 is 0 Å². The zero-order valence-corrected chi connectivity index (χ0v) is 7.78. The molecule has 0 aliphatic heterocycles. The standard InChI is InChI=1S/C11H9NO2/c1-13-10-4-2-3-8-7-9(5-6-12)14-11(8)10/h2-4,7H,5H2,1H3. The van der Waals surface area contributed by atoms with Crippen molar-refractivity contribution in [1.29, 1.82) is 5.26 Å². The number of rotatable bonds is 2. The van der Waals surface area contributed by atoms with Gasteiger partial charge in [0.05, 0.1) is 19.6 Å². The van der Waals surface area contributed by atoms with Gasteiger partial charge in [-0.3, -0.25) is 0 Å². The number of benzene rings is 1. The SMILES string of the molecule is COc1cccc2cc(CC#N)oc12. The first-order valence-electron chi connectivity index (χ1n) is 4.27. The lowest BCUT2D eigenvalue weighted by molar-refractivity contribution is 0.408. The molecule has 0 saturated carbocycles. The van der Waals surface area contributed by atoms with Crippen molar-refractivity contribution in [2.45, 2.75) is 6.42 Å². The van der Waals surface area contributed by atoms with Crippen LogP contribution in [0.4, 0.5) is 0 Å². The molecule has 1 aromatic heterocycles. The fourth-order valence-electron chi connectivity index (χ4n) is 1.42. The highest BCUT2D eigenvalue weighted by atomic mass is 16.5. The average molecular weight is 187 g/mol. The Kier molecular flexibility index (Phi) is 2.11. The van der Waals surface area contributed by atoms with E-state index in [1.54, 1.807) is 7.11 Å². The van der Waals surface area contributed by atoms with Gasteiger partial charge in [0.25, 0.3) is 0 Å². The molecule has 0 N–H and O–H groups in total. The van der Waals surface area contributed by atoms with E-state index in [1.165, 1.54) is 0 Å². The Bertz CT molecular complexity index is 493. The van der Waals surface area contributed by atoms with Gasteiger partial charge >= 0.3 is 0 Å². The maximum absolute atomic E-state index is 8.53. The molecule has 2 rings (SSSR count). The third kappa shape index (κ3) is 1.31. The molecule has 0 radical (unpaired) electrons. The fraction of sp³-hybridized carbons (Fsp3) is 0.182. The Hall–Kier alpha value is -1.95. The number of fused-ring (bicyclic) bond motifs is 1. The fourth-order valence-corrected chi connectivity index (χ4v) is 1.42. The molecule has 1 heterocycles. The molecule has 0 fully saturated rings. The van der Waals surface area contributed by atoms with Crippen molar-refractivity contribution in [2.75, 3.05) is 7.11 Å². The number of furan rings is 1. The lowest BCUT2D eigenvalue weighted by Gasteiger charge is -1.98. The Morgan fingerprint density at radius 1 is 1.50 bits per heavy atom. The molecule has 1 aromatic carbocycles. The molecule has 0 aliphatic carbocycles. The minimum absolute atomic E-state index is 0.290. The van der Waals surface area contributed by atoms with Crippen LogP contribution in [0.2, 0.25) is 0 Å². The summed E-state index contributed by atoms with van der Waals surface area (Å²) in [5.41, 5.74) is 0.709. The van der Waals surface area contributed by atoms with Gasteiger partial charge < -0.3 is 9.15 Å². The number of nitrogens with zero attached hydrogens (tertiary/aromatic N) is 1. The molecule has 0 saturated heterocycles. The summed E-state index contributed by atoms with van der Waals surface area (Å²) in [6, 6.07) is 9.57. The monoisotopic (exact) mass is 187 g/mol. The molecule has 0 atom stereocenters. The van der Waals surface area contributed by atoms with Crippen molar-refractivity contribution < 1.29 is 9.15 Å². The third-order valence-electron chi connectivity index (χ3n) is 2.03. The zero-order chi connectivity index (χ0) is 9.97. The second-order valence-electron chi connectivity index (χ2n) is 2.93. The number of methoxy groups -OCH3 is 1. The molecular formula is C11H9NO2. The maximum Gasteiger partial charge on any atom is 0.176 e. The predicted octanol–water partition coefficient (Wildman–Crippen LogP) is 2.51. The van der Waals surface area contributed by atoms with Crippen molar-refractivity contribution in [3.63, 3.8) is 0 Å². The van der Waals surface area contributed by atoms with Gasteiger partial charge in [0.1, 0.15) is 5.76 Å². The minimum atomic E-state index is 0.290. The summed E-state index contributed by atoms with van der Waals surface area (Å²) in [4.78, 5) is 0. The van der Waals surface area contributed by atoms with Crippen LogP contribution in [0.3, 0.4) is 0 Å². The molecule has 3 nitrogen and oxygen atoms in total. The van der Waals surface area contributed by atoms with E-state index in [0.29, 0.717) is 17.1 Å². The molecule has 0 amide bonds. The topological polar surface area (TPSA) is 46.2 Å². The van der Waals surface area contributed by atoms with E-state index in [4.69, 9.17) is 14.4 Å². The first kappa shape index (κ1) is 8.64. The van der Waals surface area contributed by atoms with Gasteiger partial charge in [-0.2, -0.15) is 5.26 Å². The van der Waals surface area contributed by atoms with E-state index in [9.17, 15) is 0 Å². The number of ether oxygens (including phenoxy) is 1. The third-order valence-corrected chi connectivity index (χ3v) is 2.03. The van der Waals surface area contributed by atoms with Gasteiger partial charge in [-0.1, -0.05) is 12.1 Å². The summed E-state index contributed by atoms with van der Waals surface area (Å²) in [7, 11) is 1.60. The predicted molar refractivity (Wildman–Crippen MR) is 52.1 cm³/mol. The van der Waals surface area contributed by atoms with Crippen LogP contribution in [0, 0.1) is 11.3 Å². The van der Waals surface area contributed by atoms with E-state index in [0.717, 1.165) is 5.39 Å². The smallest absolute Gasteiger partial charge is 0.176 e. The largest absolute Gasteiger partial charge is 0.493 e. The van der Waals surface area contributed by atoms with Crippen molar-refractivity contribution in [3.05, 3.63) is 30.0 Å². The van der Waals surface area contributed by atoms with Crippen molar-refractivity contribution >= 4 is 11.0 Å². The molecule has 0 aliphatic rings. The molecule has 0 bridgehead atoms. The maximum atomic E-state index is 8.53. The number of hydrogen-bond acceptors (Lipinski definition) is 3. The lowest BCUT2D eigenvalue weighted by atomic mass is 10.2. The van der Waals surface area contributed by atoms with E-state index in [-0.39, 0.29) is 6.42 Å². The first-order valence-corrected chi connectivity index (χ1v) is 4.27. The second kappa shape index (κ2) is 3.43. The summed E-state index contributed by atoms with van der Waals surface area (Å²) in [5.74, 6) is 1.37. The highest BCUT2D eigenvalue weighted by molar-refractivity contribution is 5.83. The van der Waals surface area contributed by atoms with Crippen molar-refractivity contribution in [2.24, 2.45) is 0 Å². The molecule has 3 heteroatoms. The Morgan fingerprint density at radius 2 is 2.36 bits per heavy atom. The van der Waals surface area contributed by atoms with Gasteiger partial charge in [-0.25, -0.2) is 0 Å². The summed E-state index contributed by atoms with van der Waals surface area (Å²) < 4.78 is 10.6. The van der Waals surface area contributed by atoms with Crippen molar-refractivity contribution in [3.8, 4) is 11.8 Å². The zero-order valence-electron chi connectivity index (χ0n) is 7.78. The van der Waals surface area contributed by atoms with Crippen molar-refractivity contribution in [1.82, 2.24) is 0 Å². The van der Waals surface area contributed by atoms with Gasteiger partial charge in [-0.05, 0) is 12.1 Å². The molecule has 2 aromatic rings. The second-order valence-corrected chi connectivity index (χ2v) is 2.93. The molecule has 0 spiro atoms. The summed E-state index contributed by atoms with van der Waals surface area (Å²) in [6.45, 7) is 0. The minimum Gasteiger partial charge on any atom is -0.493 e.